The van der Waals surface area contributed by atoms with Crippen LogP contribution in [0.5, 0.6) is 0 Å². The zero-order valence-electron chi connectivity index (χ0n) is 11.2. The summed E-state index contributed by atoms with van der Waals surface area (Å²) in [7, 11) is 0. The average Bonchev–Trinajstić information content (AvgIpc) is 2.82. The summed E-state index contributed by atoms with van der Waals surface area (Å²) in [5.41, 5.74) is 3.87. The summed E-state index contributed by atoms with van der Waals surface area (Å²) < 4.78 is 0.972. The highest BCUT2D eigenvalue weighted by Crippen LogP contribution is 2.23. The highest BCUT2D eigenvalue weighted by molar-refractivity contribution is 9.10. The van der Waals surface area contributed by atoms with E-state index in [1.807, 2.05) is 36.7 Å². The van der Waals surface area contributed by atoms with Crippen molar-refractivity contribution < 1.29 is 9.90 Å². The number of carboxylic acids is 1. The molecule has 1 aromatic heterocycles. The van der Waals surface area contributed by atoms with Crippen LogP contribution in [0.4, 0.5) is 0 Å². The molecule has 0 radical (unpaired) electrons. The van der Waals surface area contributed by atoms with E-state index in [2.05, 4.69) is 20.9 Å². The van der Waals surface area contributed by atoms with E-state index in [4.69, 9.17) is 0 Å². The Hall–Kier alpha value is -1.20. The van der Waals surface area contributed by atoms with Crippen molar-refractivity contribution in [2.45, 2.75) is 26.2 Å². The SMILES string of the molecule is Cc1ncsc1CCC(Cc1ccccc1Br)C(=O)O. The van der Waals surface area contributed by atoms with Crippen molar-refractivity contribution >= 4 is 33.2 Å². The van der Waals surface area contributed by atoms with Gasteiger partial charge in [0.1, 0.15) is 0 Å². The first-order valence-electron chi connectivity index (χ1n) is 6.43. The minimum Gasteiger partial charge on any atom is -0.481 e. The summed E-state index contributed by atoms with van der Waals surface area (Å²) in [5.74, 6) is -1.10. The second kappa shape index (κ2) is 6.99. The van der Waals surface area contributed by atoms with Gasteiger partial charge < -0.3 is 5.11 Å². The Labute approximate surface area is 130 Å². The molecule has 1 heterocycles. The summed E-state index contributed by atoms with van der Waals surface area (Å²) >= 11 is 5.07. The van der Waals surface area contributed by atoms with Gasteiger partial charge in [-0.2, -0.15) is 0 Å². The molecule has 1 aromatic carbocycles. The van der Waals surface area contributed by atoms with Gasteiger partial charge in [-0.05, 0) is 37.8 Å². The monoisotopic (exact) mass is 353 g/mol. The van der Waals surface area contributed by atoms with Gasteiger partial charge in [-0.25, -0.2) is 4.98 Å². The molecule has 0 aliphatic heterocycles. The Morgan fingerprint density at radius 2 is 2.20 bits per heavy atom. The molecule has 106 valence electrons. The molecule has 0 fully saturated rings. The van der Waals surface area contributed by atoms with Gasteiger partial charge in [0.2, 0.25) is 0 Å². The fraction of sp³-hybridized carbons (Fsp3) is 0.333. The summed E-state index contributed by atoms with van der Waals surface area (Å²) in [5, 5.41) is 9.40. The van der Waals surface area contributed by atoms with Crippen LogP contribution in [0.1, 0.15) is 22.6 Å². The minimum atomic E-state index is -0.733. The Morgan fingerprint density at radius 3 is 2.80 bits per heavy atom. The fourth-order valence-corrected chi connectivity index (χ4v) is 3.36. The van der Waals surface area contributed by atoms with Crippen molar-refractivity contribution in [3.05, 3.63) is 50.4 Å². The highest BCUT2D eigenvalue weighted by Gasteiger charge is 2.19. The van der Waals surface area contributed by atoms with Gasteiger partial charge >= 0.3 is 5.97 Å². The first-order valence-corrected chi connectivity index (χ1v) is 8.10. The smallest absolute Gasteiger partial charge is 0.306 e. The molecule has 1 N–H and O–H groups in total. The topological polar surface area (TPSA) is 50.2 Å². The number of halogens is 1. The number of nitrogens with zero attached hydrogens (tertiary/aromatic N) is 1. The van der Waals surface area contributed by atoms with Gasteiger partial charge in [0.05, 0.1) is 17.1 Å². The number of benzene rings is 1. The van der Waals surface area contributed by atoms with E-state index in [-0.39, 0.29) is 5.92 Å². The summed E-state index contributed by atoms with van der Waals surface area (Å²) in [4.78, 5) is 16.8. The van der Waals surface area contributed by atoms with E-state index < -0.39 is 5.97 Å². The molecule has 2 aromatic rings. The maximum absolute atomic E-state index is 11.4. The first kappa shape index (κ1) is 15.2. The van der Waals surface area contributed by atoms with Crippen LogP contribution in [0.2, 0.25) is 0 Å². The van der Waals surface area contributed by atoms with Gasteiger partial charge in [-0.3, -0.25) is 4.79 Å². The Balaban J connectivity index is 2.03. The van der Waals surface area contributed by atoms with Gasteiger partial charge in [-0.1, -0.05) is 34.1 Å². The van der Waals surface area contributed by atoms with Crippen molar-refractivity contribution in [3.63, 3.8) is 0 Å². The van der Waals surface area contributed by atoms with E-state index in [0.29, 0.717) is 12.8 Å². The van der Waals surface area contributed by atoms with Crippen LogP contribution in [0.25, 0.3) is 0 Å². The molecule has 0 spiro atoms. The molecule has 0 aliphatic carbocycles. The number of rotatable bonds is 6. The van der Waals surface area contributed by atoms with Crippen molar-refractivity contribution in [2.75, 3.05) is 0 Å². The van der Waals surface area contributed by atoms with Crippen LogP contribution >= 0.6 is 27.3 Å². The average molecular weight is 354 g/mol. The number of thiazole rings is 1. The van der Waals surface area contributed by atoms with E-state index in [0.717, 1.165) is 22.2 Å². The maximum Gasteiger partial charge on any atom is 0.306 e. The maximum atomic E-state index is 11.4. The van der Waals surface area contributed by atoms with Gasteiger partial charge in [0, 0.05) is 9.35 Å². The quantitative estimate of drug-likeness (QED) is 0.850. The molecule has 0 bridgehead atoms. The molecule has 0 amide bonds. The lowest BCUT2D eigenvalue weighted by Gasteiger charge is -2.13. The summed E-state index contributed by atoms with van der Waals surface area (Å²) in [6.07, 6.45) is 1.96. The number of aromatic nitrogens is 1. The lowest BCUT2D eigenvalue weighted by atomic mass is 9.94. The van der Waals surface area contributed by atoms with Gasteiger partial charge in [-0.15, -0.1) is 11.3 Å². The fourth-order valence-electron chi connectivity index (χ4n) is 2.11. The Bertz CT molecular complexity index is 597. The van der Waals surface area contributed by atoms with E-state index in [9.17, 15) is 9.90 Å². The third-order valence-corrected chi connectivity index (χ3v) is 5.11. The second-order valence-corrected chi connectivity index (χ2v) is 6.52. The van der Waals surface area contributed by atoms with Gasteiger partial charge in [0.25, 0.3) is 0 Å². The molecule has 0 aliphatic rings. The predicted octanol–water partition coefficient (Wildman–Crippen LogP) is 4.09. The number of aryl methyl sites for hydroxylation is 2. The number of hydrogen-bond acceptors (Lipinski definition) is 3. The summed E-state index contributed by atoms with van der Waals surface area (Å²) in [6.45, 7) is 1.97. The molecule has 0 saturated heterocycles. The van der Waals surface area contributed by atoms with Crippen molar-refractivity contribution in [2.24, 2.45) is 5.92 Å². The van der Waals surface area contributed by atoms with Crippen LogP contribution in [-0.4, -0.2) is 16.1 Å². The van der Waals surface area contributed by atoms with Crippen molar-refractivity contribution in [1.29, 1.82) is 0 Å². The number of aliphatic carboxylic acids is 1. The molecule has 20 heavy (non-hydrogen) atoms. The third kappa shape index (κ3) is 3.90. The number of hydrogen-bond donors (Lipinski definition) is 1. The lowest BCUT2D eigenvalue weighted by Crippen LogP contribution is -2.17. The molecule has 3 nitrogen and oxygen atoms in total. The van der Waals surface area contributed by atoms with E-state index in [1.165, 1.54) is 4.88 Å². The van der Waals surface area contributed by atoms with E-state index in [1.54, 1.807) is 11.3 Å². The van der Waals surface area contributed by atoms with Crippen molar-refractivity contribution in [3.8, 4) is 0 Å². The second-order valence-electron chi connectivity index (χ2n) is 4.73. The molecule has 1 unspecified atom stereocenters. The standard InChI is InChI=1S/C15H16BrNO2S/c1-10-14(20-9-17-10)7-6-12(15(18)19)8-11-4-2-3-5-13(11)16/h2-5,9,12H,6-8H2,1H3,(H,18,19). The predicted molar refractivity (Wildman–Crippen MR) is 84.1 cm³/mol. The van der Waals surface area contributed by atoms with E-state index >= 15 is 0 Å². The zero-order chi connectivity index (χ0) is 14.5. The number of carboxylic acid groups (broad SMARTS) is 1. The third-order valence-electron chi connectivity index (χ3n) is 3.34. The summed E-state index contributed by atoms with van der Waals surface area (Å²) in [6, 6.07) is 7.79. The molecule has 1 atom stereocenters. The molecule has 2 rings (SSSR count). The highest BCUT2D eigenvalue weighted by atomic mass is 79.9. The van der Waals surface area contributed by atoms with Crippen LogP contribution < -0.4 is 0 Å². The van der Waals surface area contributed by atoms with Crippen LogP contribution in [0, 0.1) is 12.8 Å². The van der Waals surface area contributed by atoms with Crippen LogP contribution in [-0.2, 0) is 17.6 Å². The molecule has 5 heteroatoms. The largest absolute Gasteiger partial charge is 0.481 e. The first-order chi connectivity index (χ1) is 9.58. The minimum absolute atomic E-state index is 0.366. The molecular weight excluding hydrogens is 338 g/mol. The van der Waals surface area contributed by atoms with Crippen molar-refractivity contribution in [1.82, 2.24) is 4.98 Å². The van der Waals surface area contributed by atoms with Crippen LogP contribution in [0.15, 0.2) is 34.2 Å². The van der Waals surface area contributed by atoms with Crippen LogP contribution in [0.3, 0.4) is 0 Å². The Morgan fingerprint density at radius 1 is 1.45 bits per heavy atom. The normalized spacial score (nSPS) is 12.3. The molecular formula is C15H16BrNO2S. The lowest BCUT2D eigenvalue weighted by molar-refractivity contribution is -0.141. The molecule has 0 saturated carbocycles. The number of carbonyl (C=O) groups is 1. The van der Waals surface area contributed by atoms with Gasteiger partial charge in [0.15, 0.2) is 0 Å². The zero-order valence-corrected chi connectivity index (χ0v) is 13.6. The Kier molecular flexibility index (Phi) is 5.31.